The number of aromatic amines is 1. The monoisotopic (exact) mass is 572 g/mol. The van der Waals surface area contributed by atoms with Crippen LogP contribution in [0.5, 0.6) is 11.5 Å². The average Bonchev–Trinajstić information content (AvgIpc) is 3.62. The van der Waals surface area contributed by atoms with Crippen LogP contribution in [0.25, 0.3) is 34.0 Å². The summed E-state index contributed by atoms with van der Waals surface area (Å²) >= 11 is 0. The van der Waals surface area contributed by atoms with Crippen molar-refractivity contribution in [3.8, 4) is 45.5 Å². The Morgan fingerprint density at radius 1 is 1.10 bits per heavy atom. The molecule has 0 saturated heterocycles. The maximum Gasteiger partial charge on any atom is 0.410 e. The minimum atomic E-state index is -0.538. The van der Waals surface area contributed by atoms with Gasteiger partial charge in [0.05, 0.1) is 25.3 Å². The third-order valence-corrected chi connectivity index (χ3v) is 7.50. The molecule has 0 saturated carbocycles. The molecule has 1 aliphatic rings. The predicted molar refractivity (Wildman–Crippen MR) is 162 cm³/mol. The Bertz CT molecular complexity index is 1590. The second-order valence-corrected chi connectivity index (χ2v) is 11.9. The third-order valence-electron chi connectivity index (χ3n) is 7.50. The number of aromatic nitrogens is 3. The van der Waals surface area contributed by atoms with Gasteiger partial charge in [0.25, 0.3) is 0 Å². The van der Waals surface area contributed by atoms with Crippen molar-refractivity contribution >= 4 is 6.09 Å². The van der Waals surface area contributed by atoms with Crippen LogP contribution in [0.4, 0.5) is 4.79 Å². The van der Waals surface area contributed by atoms with Gasteiger partial charge in [-0.2, -0.15) is 0 Å². The molecule has 1 N–H and O–H groups in total. The number of amides is 1. The smallest absolute Gasteiger partial charge is 0.410 e. The molecule has 2 aromatic carbocycles. The minimum Gasteiger partial charge on any atom is -0.496 e. The van der Waals surface area contributed by atoms with E-state index in [1.807, 2.05) is 33.0 Å². The molecule has 1 amide bonds. The van der Waals surface area contributed by atoms with Crippen molar-refractivity contribution in [3.05, 3.63) is 58.9 Å². The van der Waals surface area contributed by atoms with E-state index in [1.165, 1.54) is 5.56 Å². The normalized spacial score (nSPS) is 13.3. The third kappa shape index (κ3) is 5.73. The number of rotatable bonds is 7. The lowest BCUT2D eigenvalue weighted by Gasteiger charge is -2.31. The number of ether oxygens (including phenoxy) is 3. The van der Waals surface area contributed by atoms with E-state index in [-0.39, 0.29) is 12.0 Å². The number of imidazole rings is 1. The van der Waals surface area contributed by atoms with Gasteiger partial charge in [0, 0.05) is 31.0 Å². The lowest BCUT2D eigenvalue weighted by Crippen LogP contribution is -2.39. The summed E-state index contributed by atoms with van der Waals surface area (Å²) in [7, 11) is 3.30. The number of hydrogen-bond acceptors (Lipinski definition) is 7. The number of nitrogens with zero attached hydrogens (tertiary/aromatic N) is 3. The summed E-state index contributed by atoms with van der Waals surface area (Å²) in [6.45, 7) is 13.0. The van der Waals surface area contributed by atoms with Crippen LogP contribution in [-0.2, 0) is 24.1 Å². The molecule has 42 heavy (non-hydrogen) atoms. The van der Waals surface area contributed by atoms with Crippen LogP contribution in [0, 0.1) is 0 Å². The second kappa shape index (κ2) is 11.5. The molecule has 5 rings (SSSR count). The number of hydrogen-bond donors (Lipinski definition) is 1. The Labute approximate surface area is 247 Å². The molecule has 222 valence electrons. The van der Waals surface area contributed by atoms with Crippen molar-refractivity contribution in [3.63, 3.8) is 0 Å². The molecule has 0 bridgehead atoms. The number of fused-ring (bicyclic) bond motifs is 1. The topological polar surface area (TPSA) is 103 Å². The summed E-state index contributed by atoms with van der Waals surface area (Å²) in [5, 5.41) is 4.54. The number of aryl methyl sites for hydroxylation is 1. The van der Waals surface area contributed by atoms with Gasteiger partial charge in [-0.05, 0) is 67.9 Å². The molecular formula is C33H40N4O5. The Balaban J connectivity index is 1.63. The highest BCUT2D eigenvalue weighted by atomic mass is 16.6. The summed E-state index contributed by atoms with van der Waals surface area (Å²) in [6.07, 6.45) is 3.07. The molecule has 0 fully saturated rings. The Kier molecular flexibility index (Phi) is 8.03. The number of benzene rings is 2. The predicted octanol–water partition coefficient (Wildman–Crippen LogP) is 7.39. The molecule has 0 aliphatic carbocycles. The number of carbonyl (C=O) groups excluding carboxylic acids is 1. The number of nitrogens with one attached hydrogen (secondary N) is 1. The molecule has 0 radical (unpaired) electrons. The van der Waals surface area contributed by atoms with Crippen LogP contribution in [0.3, 0.4) is 0 Å². The summed E-state index contributed by atoms with van der Waals surface area (Å²) in [6, 6.07) is 10.3. The van der Waals surface area contributed by atoms with Crippen molar-refractivity contribution in [2.45, 2.75) is 72.4 Å². The zero-order valence-corrected chi connectivity index (χ0v) is 25.8. The van der Waals surface area contributed by atoms with Gasteiger partial charge >= 0.3 is 6.09 Å². The van der Waals surface area contributed by atoms with Gasteiger partial charge in [-0.15, -0.1) is 0 Å². The van der Waals surface area contributed by atoms with E-state index in [1.54, 1.807) is 19.1 Å². The summed E-state index contributed by atoms with van der Waals surface area (Å²) < 4.78 is 23.2. The zero-order chi connectivity index (χ0) is 30.2. The van der Waals surface area contributed by atoms with E-state index in [2.05, 4.69) is 60.2 Å². The molecule has 3 heterocycles. The van der Waals surface area contributed by atoms with Gasteiger partial charge in [0.15, 0.2) is 17.3 Å². The highest BCUT2D eigenvalue weighted by Gasteiger charge is 2.29. The SMILES string of the molecule is CCc1cnc(-c2noc(-c3cc(C(C)C)c(OC)cc3OC)c2-c2ccc3c(c2)CCN(C(=O)OC(C)(C)C)C3)[nH]1. The molecule has 9 heteroatoms. The first kappa shape index (κ1) is 29.2. The Morgan fingerprint density at radius 2 is 1.86 bits per heavy atom. The minimum absolute atomic E-state index is 0.212. The lowest BCUT2D eigenvalue weighted by atomic mass is 9.91. The quantitative estimate of drug-likeness (QED) is 0.246. The first-order valence-corrected chi connectivity index (χ1v) is 14.4. The van der Waals surface area contributed by atoms with Gasteiger partial charge in [0.2, 0.25) is 0 Å². The van der Waals surface area contributed by atoms with E-state index >= 15 is 0 Å². The molecule has 0 atom stereocenters. The van der Waals surface area contributed by atoms with Crippen LogP contribution >= 0.6 is 0 Å². The maximum atomic E-state index is 12.7. The number of methoxy groups -OCH3 is 2. The maximum absolute atomic E-state index is 12.7. The van der Waals surface area contributed by atoms with Crippen LogP contribution in [0.2, 0.25) is 0 Å². The second-order valence-electron chi connectivity index (χ2n) is 11.9. The number of carbonyl (C=O) groups is 1. The Hall–Kier alpha value is -4.27. The van der Waals surface area contributed by atoms with Crippen LogP contribution < -0.4 is 9.47 Å². The van der Waals surface area contributed by atoms with E-state index < -0.39 is 5.60 Å². The summed E-state index contributed by atoms with van der Waals surface area (Å²) in [5.41, 5.74) is 6.95. The fourth-order valence-corrected chi connectivity index (χ4v) is 5.31. The molecule has 0 spiro atoms. The molecule has 2 aromatic heterocycles. The van der Waals surface area contributed by atoms with Gasteiger partial charge in [-0.1, -0.05) is 44.1 Å². The van der Waals surface area contributed by atoms with Crippen molar-refractivity contribution in [2.75, 3.05) is 20.8 Å². The molecule has 4 aromatic rings. The van der Waals surface area contributed by atoms with Gasteiger partial charge in [-0.3, -0.25) is 0 Å². The van der Waals surface area contributed by atoms with Gasteiger partial charge < -0.3 is 28.6 Å². The van der Waals surface area contributed by atoms with Crippen molar-refractivity contribution in [1.82, 2.24) is 20.0 Å². The lowest BCUT2D eigenvalue weighted by molar-refractivity contribution is 0.0224. The summed E-state index contributed by atoms with van der Waals surface area (Å²) in [5.74, 6) is 2.83. The highest BCUT2D eigenvalue weighted by molar-refractivity contribution is 5.91. The molecule has 1 aliphatic heterocycles. The fourth-order valence-electron chi connectivity index (χ4n) is 5.31. The number of H-pyrrole nitrogens is 1. The van der Waals surface area contributed by atoms with Gasteiger partial charge in [0.1, 0.15) is 17.1 Å². The van der Waals surface area contributed by atoms with E-state index in [9.17, 15) is 4.79 Å². The largest absolute Gasteiger partial charge is 0.496 e. The van der Waals surface area contributed by atoms with Crippen LogP contribution in [0.1, 0.15) is 69.8 Å². The first-order chi connectivity index (χ1) is 20.0. The fraction of sp³-hybridized carbons (Fsp3) is 0.424. The zero-order valence-electron chi connectivity index (χ0n) is 25.8. The molecular weight excluding hydrogens is 532 g/mol. The van der Waals surface area contributed by atoms with E-state index in [0.29, 0.717) is 42.5 Å². The summed E-state index contributed by atoms with van der Waals surface area (Å²) in [4.78, 5) is 22.5. The van der Waals surface area contributed by atoms with Crippen molar-refractivity contribution in [1.29, 1.82) is 0 Å². The average molecular weight is 573 g/mol. The van der Waals surface area contributed by atoms with Crippen LogP contribution in [0.15, 0.2) is 41.1 Å². The van der Waals surface area contributed by atoms with Crippen molar-refractivity contribution < 1.29 is 23.5 Å². The van der Waals surface area contributed by atoms with E-state index in [0.717, 1.165) is 45.7 Å². The van der Waals surface area contributed by atoms with Crippen LogP contribution in [-0.4, -0.2) is 52.5 Å². The molecule has 0 unspecified atom stereocenters. The highest BCUT2D eigenvalue weighted by Crippen LogP contribution is 2.46. The van der Waals surface area contributed by atoms with E-state index in [4.69, 9.17) is 18.7 Å². The first-order valence-electron chi connectivity index (χ1n) is 14.4. The standard InChI is InChI=1S/C33H40N4O5/c1-9-23-17-34-31(35-23)29-28(30(42-36-29)25-15-24(19(2)3)26(39-7)16-27(25)40-8)21-10-11-22-18-37(13-12-20(22)14-21)32(38)41-33(4,5)6/h10-11,14-17,19H,9,12-13,18H2,1-8H3,(H,34,35). The van der Waals surface area contributed by atoms with Gasteiger partial charge in [-0.25, -0.2) is 9.78 Å². The van der Waals surface area contributed by atoms with Crippen molar-refractivity contribution in [2.24, 2.45) is 0 Å². The Morgan fingerprint density at radius 3 is 2.50 bits per heavy atom. The molecule has 9 nitrogen and oxygen atoms in total.